The van der Waals surface area contributed by atoms with Gasteiger partial charge in [-0.05, 0) is 265 Å². The number of aromatic nitrogens is 12. The number of nitrogens with one attached hydrogen (secondary N) is 7. The first-order valence-electron chi connectivity index (χ1n) is 43.4. The third-order valence-corrected chi connectivity index (χ3v) is 21.4. The molecule has 4 aromatic carbocycles. The quantitative estimate of drug-likeness (QED) is 0.0122. The van der Waals surface area contributed by atoms with E-state index in [2.05, 4.69) is 110 Å². The third kappa shape index (κ3) is 30.9. The van der Waals surface area contributed by atoms with Crippen LogP contribution < -0.4 is 58.5 Å². The number of hydrogen-bond acceptors (Lipinski definition) is 25. The Kier molecular flexibility index (Phi) is 38.8. The molecule has 0 bridgehead atoms. The molecule has 3 aliphatic rings. The Morgan fingerprint density at radius 1 is 0.465 bits per heavy atom. The SMILES string of the molecule is C=CC(=O)Cl.C=CC(=O)Nc1ccc(Nc2cc(N3CCCC[C@H]3CCO)nc3c(CC)cnn23)cc1.CC(C)(C)OC(=O)Nc1ccc(N)cc1.CCc1cnn2c(Cl)cc(Cl)nc12.CCc1cnn2c(Nc3ccc(N)cc3)cc(N3CCCC[C@H]3CCO)nc12.CCc1cnn2c(Nc3ccc(NC(=O)OC(C)(C)C)cc3)cc(Cl)nc12.OCC[C@@H]1CCCCN1. The molecule has 14 N–H and O–H groups in total. The van der Waals surface area contributed by atoms with Crippen molar-refractivity contribution in [2.24, 2.45) is 0 Å². The zero-order chi connectivity index (χ0) is 93.3. The average Bonchev–Trinajstić information content (AvgIpc) is 1.68. The number of ether oxygens (including phenoxy) is 2. The van der Waals surface area contributed by atoms with Gasteiger partial charge in [0.25, 0.3) is 0 Å². The maximum Gasteiger partial charge on any atom is 0.412 e. The summed E-state index contributed by atoms with van der Waals surface area (Å²) in [6.45, 7) is 29.5. The van der Waals surface area contributed by atoms with Gasteiger partial charge < -0.3 is 72.6 Å². The number of carbonyl (C=O) groups is 4. The largest absolute Gasteiger partial charge is 0.444 e. The highest BCUT2D eigenvalue weighted by molar-refractivity contribution is 6.66. The molecule has 15 rings (SSSR count). The van der Waals surface area contributed by atoms with Crippen LogP contribution in [0.2, 0.25) is 15.5 Å². The minimum absolute atomic E-state index is 0.177. The number of nitrogens with two attached hydrogens (primary N) is 2. The standard InChI is InChI=1S/C24H30N6O2.C21H28N6O.C19H22ClN5O2.C11H16N2O2.C8H7Cl2N3.C7H15NO.C3H3ClO/c1-3-17-16-25-30-22(26-18-8-10-19(11-9-18)27-23(32)4-2)15-21(28-24(17)30)29-13-6-5-7-20(29)12-14-31;1-2-15-14-23-27-20(24-17-8-6-16(22)7-9-17)13-19(25-21(15)27)26-11-4-3-5-18(26)10-12-28;1-5-12-11-21-25-16(10-15(20)24-17(12)25)22-13-6-8-14(9-7-13)23-18(26)27-19(2,3)4;1-11(2,3)15-10(14)13-9-6-4-8(12)5-7-9;1-2-5-4-11-13-7(10)3-6(9)12-8(5)13;9-6-4-7-3-1-2-5-8-7;1-2-3(4)5/h4,8-11,15-16,20,26,31H,2-3,5-7,12-14H2,1H3,(H,27,32);6-9,13-14,18,24,28H,2-5,10-12,22H2,1H3;6-11,22H,5H2,1-4H3,(H,23,26);4-7H,12H2,1-3H3,(H,13,14);3-4H,2H2,1H3;7-9H,1-6H2;2H,1H2/t20-;18-;;;;7-;/m00...0./s1. The predicted octanol–water partition coefficient (Wildman–Crippen LogP) is 19.0. The van der Waals surface area contributed by atoms with Crippen molar-refractivity contribution in [3.05, 3.63) is 209 Å². The summed E-state index contributed by atoms with van der Waals surface area (Å²) in [4.78, 5) is 67.3. The molecule has 8 aromatic heterocycles. The van der Waals surface area contributed by atoms with E-state index in [0.29, 0.717) is 62.7 Å². The summed E-state index contributed by atoms with van der Waals surface area (Å²) in [6, 6.07) is 37.9. The van der Waals surface area contributed by atoms with Gasteiger partial charge in [-0.2, -0.15) is 33.9 Å². The second-order valence-electron chi connectivity index (χ2n) is 32.5. The second-order valence-corrected chi connectivity index (χ2v) is 34.0. The summed E-state index contributed by atoms with van der Waals surface area (Å²) in [5, 5.41) is 67.6. The highest BCUT2D eigenvalue weighted by Gasteiger charge is 2.28. The number of aliphatic hydroxyl groups is 3. The van der Waals surface area contributed by atoms with E-state index >= 15 is 0 Å². The Labute approximate surface area is 773 Å². The van der Waals surface area contributed by atoms with Gasteiger partial charge in [-0.15, -0.1) is 0 Å². The maximum atomic E-state index is 11.8. The van der Waals surface area contributed by atoms with Gasteiger partial charge in [-0.25, -0.2) is 34.0 Å². The lowest BCUT2D eigenvalue weighted by Crippen LogP contribution is -2.40. The Morgan fingerprint density at radius 2 is 0.806 bits per heavy atom. The van der Waals surface area contributed by atoms with Crippen LogP contribution in [0.1, 0.15) is 169 Å². The van der Waals surface area contributed by atoms with Gasteiger partial charge in [0.2, 0.25) is 11.1 Å². The van der Waals surface area contributed by atoms with Crippen LogP contribution >= 0.6 is 46.4 Å². The Hall–Kier alpha value is -11.9. The van der Waals surface area contributed by atoms with Gasteiger partial charge in [-0.1, -0.05) is 82.1 Å². The van der Waals surface area contributed by atoms with Gasteiger partial charge in [-0.3, -0.25) is 20.2 Å². The van der Waals surface area contributed by atoms with E-state index in [1.807, 2.05) is 144 Å². The fraction of sp³-hybridized carbons (Fsp3) is 0.398. The van der Waals surface area contributed by atoms with Crippen LogP contribution in [-0.2, 0) is 44.7 Å². The first kappa shape index (κ1) is 101. The minimum atomic E-state index is -0.543. The Bertz CT molecular complexity index is 5610. The molecule has 36 heteroatoms. The molecular weight excluding hydrogens is 1720 g/mol. The van der Waals surface area contributed by atoms with E-state index in [0.717, 1.165) is 187 Å². The van der Waals surface area contributed by atoms with Gasteiger partial charge >= 0.3 is 12.2 Å². The zero-order valence-corrected chi connectivity index (χ0v) is 78.0. The van der Waals surface area contributed by atoms with Crippen LogP contribution in [0.15, 0.2) is 171 Å². The number of fused-ring (bicyclic) bond motifs is 4. The fourth-order valence-corrected chi connectivity index (χ4v) is 14.8. The molecule has 0 saturated carbocycles. The van der Waals surface area contributed by atoms with Crippen molar-refractivity contribution in [2.75, 3.05) is 92.6 Å². The minimum Gasteiger partial charge on any atom is -0.444 e. The molecule has 0 unspecified atom stereocenters. The monoisotopic (exact) mass is 1840 g/mol. The first-order valence-corrected chi connectivity index (χ1v) is 44.9. The van der Waals surface area contributed by atoms with Crippen LogP contribution in [0.3, 0.4) is 0 Å². The van der Waals surface area contributed by atoms with Gasteiger partial charge in [0.15, 0.2) is 22.6 Å². The number of aliphatic hydroxyl groups excluding tert-OH is 3. The number of amides is 3. The van der Waals surface area contributed by atoms with Gasteiger partial charge in [0.05, 0.1) is 24.8 Å². The summed E-state index contributed by atoms with van der Waals surface area (Å²) >= 11 is 22.5. The zero-order valence-electron chi connectivity index (χ0n) is 74.9. The molecule has 32 nitrogen and oxygen atoms in total. The van der Waals surface area contributed by atoms with Crippen LogP contribution in [0, 0.1) is 0 Å². The molecule has 11 heterocycles. The summed E-state index contributed by atoms with van der Waals surface area (Å²) in [7, 11) is 0. The number of allylic oxidation sites excluding steroid dienone is 1. The average molecular weight is 1850 g/mol. The van der Waals surface area contributed by atoms with Crippen LogP contribution in [-0.4, -0.2) is 166 Å². The van der Waals surface area contributed by atoms with E-state index in [1.54, 1.807) is 70.0 Å². The van der Waals surface area contributed by atoms with E-state index in [9.17, 15) is 29.4 Å². The summed E-state index contributed by atoms with van der Waals surface area (Å²) < 4.78 is 17.3. The Balaban J connectivity index is 0.000000180. The molecule has 3 amide bonds. The third-order valence-electron chi connectivity index (χ3n) is 20.5. The lowest BCUT2D eigenvalue weighted by molar-refractivity contribution is -0.112. The second kappa shape index (κ2) is 49.6. The highest BCUT2D eigenvalue weighted by atomic mass is 35.5. The summed E-state index contributed by atoms with van der Waals surface area (Å²) in [6.07, 6.45) is 25.2. The van der Waals surface area contributed by atoms with Crippen molar-refractivity contribution in [3.63, 3.8) is 0 Å². The van der Waals surface area contributed by atoms with Gasteiger partial charge in [0.1, 0.15) is 55.8 Å². The van der Waals surface area contributed by atoms with Crippen molar-refractivity contribution in [3.8, 4) is 0 Å². The first-order chi connectivity index (χ1) is 61.8. The number of hydrogen-bond donors (Lipinski definition) is 12. The van der Waals surface area contributed by atoms with Crippen molar-refractivity contribution in [1.29, 1.82) is 0 Å². The molecule has 3 saturated heterocycles. The van der Waals surface area contributed by atoms with Crippen molar-refractivity contribution in [2.45, 2.75) is 201 Å². The van der Waals surface area contributed by atoms with Crippen LogP contribution in [0.25, 0.3) is 22.6 Å². The van der Waals surface area contributed by atoms with Crippen molar-refractivity contribution in [1.82, 2.24) is 63.7 Å². The Morgan fingerprint density at radius 3 is 1.17 bits per heavy atom. The predicted molar refractivity (Wildman–Crippen MR) is 519 cm³/mol. The highest BCUT2D eigenvalue weighted by Crippen LogP contribution is 2.34. The molecule has 0 spiro atoms. The molecule has 0 radical (unpaired) electrons. The number of halogens is 4. The number of aryl methyl sites for hydroxylation is 4. The smallest absolute Gasteiger partial charge is 0.412 e. The molecule has 3 fully saturated rings. The van der Waals surface area contributed by atoms with Crippen LogP contribution in [0.4, 0.5) is 84.2 Å². The van der Waals surface area contributed by atoms with E-state index in [1.165, 1.54) is 38.2 Å². The van der Waals surface area contributed by atoms with E-state index < -0.39 is 28.6 Å². The number of anilines is 13. The fourth-order valence-electron chi connectivity index (χ4n) is 14.2. The molecule has 3 aliphatic heterocycles. The normalized spacial score (nSPS) is 14.8. The number of nitrogens with zero attached hydrogens (tertiary/aromatic N) is 14. The lowest BCUT2D eigenvalue weighted by atomic mass is 9.99. The number of carbonyl (C=O) groups excluding carboxylic acids is 4. The summed E-state index contributed by atoms with van der Waals surface area (Å²) in [5.41, 5.74) is 23.8. The number of benzene rings is 4. The molecule has 0 aliphatic carbocycles. The summed E-state index contributed by atoms with van der Waals surface area (Å²) in [5.74, 6) is 4.01. The molecule has 12 aromatic rings. The van der Waals surface area contributed by atoms with E-state index in [4.69, 9.17) is 82.4 Å². The number of rotatable bonds is 23. The molecule has 129 heavy (non-hydrogen) atoms. The van der Waals surface area contributed by atoms with Crippen molar-refractivity contribution >= 4 is 167 Å². The molecule has 3 atom stereocenters. The van der Waals surface area contributed by atoms with Crippen molar-refractivity contribution < 1.29 is 44.0 Å². The van der Waals surface area contributed by atoms with E-state index in [-0.39, 0.29) is 25.2 Å². The molecule has 690 valence electrons. The van der Waals surface area contributed by atoms with Crippen LogP contribution in [0.5, 0.6) is 0 Å². The molecular formula is C93H121Cl4N23O9. The maximum absolute atomic E-state index is 11.8. The number of piperidine rings is 3. The lowest BCUT2D eigenvalue weighted by Gasteiger charge is -2.36. The topological polar surface area (TPSA) is 411 Å². The number of nitrogen functional groups attached to an aromatic ring is 2. The van der Waals surface area contributed by atoms with Gasteiger partial charge in [0, 0.05) is 143 Å².